The summed E-state index contributed by atoms with van der Waals surface area (Å²) >= 11 is 1.37. The number of aromatic nitrogens is 1. The van der Waals surface area contributed by atoms with Crippen LogP contribution in [0.1, 0.15) is 10.4 Å². The van der Waals surface area contributed by atoms with Gasteiger partial charge < -0.3 is 9.47 Å². The number of fused-ring (bicyclic) bond motifs is 1. The van der Waals surface area contributed by atoms with E-state index in [1.54, 1.807) is 49.8 Å². The molecule has 32 heavy (non-hydrogen) atoms. The van der Waals surface area contributed by atoms with Crippen molar-refractivity contribution < 1.29 is 18.5 Å². The molecule has 1 heterocycles. The Morgan fingerprint density at radius 2 is 1.62 bits per heavy atom. The van der Waals surface area contributed by atoms with Gasteiger partial charge in [0.05, 0.1) is 29.3 Å². The van der Waals surface area contributed by atoms with Crippen LogP contribution in [-0.2, 0) is 11.0 Å². The number of anilines is 2. The van der Waals surface area contributed by atoms with Gasteiger partial charge >= 0.3 is 0 Å². The van der Waals surface area contributed by atoms with Crippen molar-refractivity contribution >= 4 is 49.3 Å². The molecule has 1 atom stereocenters. The fourth-order valence-electron chi connectivity index (χ4n) is 3.02. The fourth-order valence-corrected chi connectivity index (χ4v) is 4.91. The quantitative estimate of drug-likeness (QED) is 0.425. The number of ether oxygens (including phenoxy) is 2. The topological polar surface area (TPSA) is 80.8 Å². The Hall–Kier alpha value is -3.43. The molecule has 1 amide bonds. The number of rotatable bonds is 7. The van der Waals surface area contributed by atoms with Crippen molar-refractivity contribution in [2.24, 2.45) is 0 Å². The van der Waals surface area contributed by atoms with Crippen LogP contribution in [0.5, 0.6) is 11.5 Å². The number of amides is 1. The average molecular weight is 468 g/mol. The predicted molar refractivity (Wildman–Crippen MR) is 128 cm³/mol. The van der Waals surface area contributed by atoms with Gasteiger partial charge in [-0.05, 0) is 66.7 Å². The van der Waals surface area contributed by atoms with Crippen molar-refractivity contribution in [2.45, 2.75) is 4.90 Å². The van der Waals surface area contributed by atoms with E-state index >= 15 is 0 Å². The third-order valence-corrected chi connectivity index (χ3v) is 7.14. The third-order valence-electron chi connectivity index (χ3n) is 4.82. The van der Waals surface area contributed by atoms with Crippen LogP contribution in [0.25, 0.3) is 10.2 Å². The Labute approximate surface area is 192 Å². The lowest BCUT2D eigenvalue weighted by atomic mass is 10.2. The molecule has 9 heteroatoms. The van der Waals surface area contributed by atoms with Crippen molar-refractivity contribution in [3.8, 4) is 11.5 Å². The summed E-state index contributed by atoms with van der Waals surface area (Å²) < 4.78 is 25.9. The second kappa shape index (κ2) is 9.37. The maximum absolute atomic E-state index is 12.9. The van der Waals surface area contributed by atoms with Crippen LogP contribution in [0, 0.1) is 0 Å². The molecule has 7 nitrogen and oxygen atoms in total. The highest BCUT2D eigenvalue weighted by Crippen LogP contribution is 2.29. The highest BCUT2D eigenvalue weighted by atomic mass is 32.2. The van der Waals surface area contributed by atoms with Gasteiger partial charge in [0, 0.05) is 18.3 Å². The van der Waals surface area contributed by atoms with Gasteiger partial charge in [0.1, 0.15) is 11.5 Å². The summed E-state index contributed by atoms with van der Waals surface area (Å²) in [6, 6.07) is 19.6. The zero-order valence-corrected chi connectivity index (χ0v) is 19.3. The molecule has 1 aromatic heterocycles. The molecule has 0 aliphatic rings. The summed E-state index contributed by atoms with van der Waals surface area (Å²) in [5, 5.41) is 3.33. The molecule has 4 aromatic rings. The number of carbonyl (C=O) groups excluding carboxylic acids is 1. The molecule has 0 bridgehead atoms. The Bertz CT molecular complexity index is 1270. The van der Waals surface area contributed by atoms with Crippen molar-refractivity contribution in [2.75, 3.05) is 30.9 Å². The van der Waals surface area contributed by atoms with Crippen molar-refractivity contribution in [3.05, 3.63) is 72.3 Å². The zero-order valence-electron chi connectivity index (χ0n) is 17.7. The molecule has 4 rings (SSSR count). The molecule has 0 saturated heterocycles. The Kier molecular flexibility index (Phi) is 6.38. The van der Waals surface area contributed by atoms with Crippen LogP contribution in [0.3, 0.4) is 0 Å². The number of thiazole rings is 1. The monoisotopic (exact) mass is 467 g/mol. The SMILES string of the molecule is COc1ccc(N(C)S(=O)c2ccc(C(=O)Nc3nc4ccc(OC)cc4s3)cc2)cc1. The molecule has 0 aliphatic carbocycles. The number of hydrogen-bond donors (Lipinski definition) is 1. The van der Waals surface area contributed by atoms with E-state index in [0.29, 0.717) is 15.6 Å². The third kappa shape index (κ3) is 4.58. The van der Waals surface area contributed by atoms with Gasteiger partial charge in [-0.15, -0.1) is 0 Å². The number of carbonyl (C=O) groups is 1. The van der Waals surface area contributed by atoms with Gasteiger partial charge in [0.25, 0.3) is 5.91 Å². The zero-order chi connectivity index (χ0) is 22.7. The highest BCUT2D eigenvalue weighted by Gasteiger charge is 2.14. The Balaban J connectivity index is 1.45. The number of hydrogen-bond acceptors (Lipinski definition) is 6. The van der Waals surface area contributed by atoms with Gasteiger partial charge in [-0.3, -0.25) is 14.4 Å². The molecular weight excluding hydrogens is 446 g/mol. The lowest BCUT2D eigenvalue weighted by Gasteiger charge is -2.18. The van der Waals surface area contributed by atoms with E-state index < -0.39 is 11.0 Å². The summed E-state index contributed by atoms with van der Waals surface area (Å²) in [4.78, 5) is 17.7. The van der Waals surface area contributed by atoms with E-state index in [1.807, 2.05) is 42.5 Å². The van der Waals surface area contributed by atoms with Gasteiger partial charge in [-0.2, -0.15) is 0 Å². The number of nitrogens with one attached hydrogen (secondary N) is 1. The van der Waals surface area contributed by atoms with Gasteiger partial charge in [-0.1, -0.05) is 11.3 Å². The first-order chi connectivity index (χ1) is 15.5. The first-order valence-corrected chi connectivity index (χ1v) is 11.6. The van der Waals surface area contributed by atoms with E-state index in [0.717, 1.165) is 27.4 Å². The van der Waals surface area contributed by atoms with Crippen molar-refractivity contribution in [1.82, 2.24) is 4.98 Å². The van der Waals surface area contributed by atoms with Gasteiger partial charge in [0.2, 0.25) is 0 Å². The average Bonchev–Trinajstić information content (AvgIpc) is 3.24. The number of benzene rings is 3. The van der Waals surface area contributed by atoms with E-state index in [9.17, 15) is 9.00 Å². The molecule has 0 fully saturated rings. The molecule has 0 spiro atoms. The molecule has 0 aliphatic heterocycles. The second-order valence-corrected chi connectivity index (χ2v) is 9.32. The molecular formula is C23H21N3O4S2. The van der Waals surface area contributed by atoms with E-state index in [1.165, 1.54) is 11.3 Å². The maximum Gasteiger partial charge on any atom is 0.257 e. The predicted octanol–water partition coefficient (Wildman–Crippen LogP) is 4.72. The maximum atomic E-state index is 12.9. The largest absolute Gasteiger partial charge is 0.497 e. The molecule has 1 unspecified atom stereocenters. The minimum Gasteiger partial charge on any atom is -0.497 e. The summed E-state index contributed by atoms with van der Waals surface area (Å²) in [5.74, 6) is 1.19. The van der Waals surface area contributed by atoms with Crippen LogP contribution < -0.4 is 19.1 Å². The lowest BCUT2D eigenvalue weighted by molar-refractivity contribution is 0.102. The summed E-state index contributed by atoms with van der Waals surface area (Å²) in [6.45, 7) is 0. The Morgan fingerprint density at radius 1 is 0.969 bits per heavy atom. The summed E-state index contributed by atoms with van der Waals surface area (Å²) in [6.07, 6.45) is 0. The van der Waals surface area contributed by atoms with Crippen molar-refractivity contribution in [1.29, 1.82) is 0 Å². The van der Waals surface area contributed by atoms with Crippen molar-refractivity contribution in [3.63, 3.8) is 0 Å². The standard InChI is InChI=1S/C23H21N3O4S2/c1-26(16-6-8-17(29-2)9-7-16)32(28)19-11-4-15(5-12-19)22(27)25-23-24-20-13-10-18(30-3)14-21(20)31-23/h4-14H,1-3H3,(H,24,25,27). The molecule has 1 N–H and O–H groups in total. The van der Waals surface area contributed by atoms with Crippen LogP contribution in [0.4, 0.5) is 10.8 Å². The van der Waals surface area contributed by atoms with Crippen LogP contribution in [-0.4, -0.2) is 36.4 Å². The minimum absolute atomic E-state index is 0.281. The first-order valence-electron chi connectivity index (χ1n) is 9.64. The number of nitrogens with zero attached hydrogens (tertiary/aromatic N) is 2. The van der Waals surface area contributed by atoms with E-state index in [-0.39, 0.29) is 5.91 Å². The second-order valence-electron chi connectivity index (χ2n) is 6.78. The first kappa shape index (κ1) is 21.8. The Morgan fingerprint density at radius 3 is 2.28 bits per heavy atom. The van der Waals surface area contributed by atoms with Gasteiger partial charge in [-0.25, -0.2) is 9.19 Å². The molecule has 164 valence electrons. The smallest absolute Gasteiger partial charge is 0.257 e. The lowest BCUT2D eigenvalue weighted by Crippen LogP contribution is -2.20. The van der Waals surface area contributed by atoms with Crippen LogP contribution >= 0.6 is 11.3 Å². The molecule has 0 radical (unpaired) electrons. The van der Waals surface area contributed by atoms with Crippen LogP contribution in [0.2, 0.25) is 0 Å². The normalized spacial score (nSPS) is 11.7. The highest BCUT2D eigenvalue weighted by molar-refractivity contribution is 7.86. The fraction of sp³-hybridized carbons (Fsp3) is 0.130. The molecule has 0 saturated carbocycles. The summed E-state index contributed by atoms with van der Waals surface area (Å²) in [5.41, 5.74) is 2.03. The van der Waals surface area contributed by atoms with E-state index in [2.05, 4.69) is 10.3 Å². The number of methoxy groups -OCH3 is 2. The van der Waals surface area contributed by atoms with Gasteiger partial charge in [0.15, 0.2) is 16.1 Å². The van der Waals surface area contributed by atoms with E-state index in [4.69, 9.17) is 9.47 Å². The summed E-state index contributed by atoms with van der Waals surface area (Å²) in [7, 11) is 3.54. The minimum atomic E-state index is -1.42. The molecule has 3 aromatic carbocycles. The van der Waals surface area contributed by atoms with Crippen LogP contribution in [0.15, 0.2) is 71.6 Å².